The Morgan fingerprint density at radius 3 is 2.45 bits per heavy atom. The fourth-order valence-corrected chi connectivity index (χ4v) is 2.43. The van der Waals surface area contributed by atoms with Gasteiger partial charge in [-0.15, -0.1) is 0 Å². The summed E-state index contributed by atoms with van der Waals surface area (Å²) in [4.78, 5) is 11.2. The molecule has 1 N–H and O–H groups in total. The van der Waals surface area contributed by atoms with Gasteiger partial charge < -0.3 is 9.84 Å². The number of carbonyl (C=O) groups is 1. The van der Waals surface area contributed by atoms with Gasteiger partial charge in [0.05, 0.1) is 22.7 Å². The number of methoxy groups -OCH3 is 1. The third-order valence-electron chi connectivity index (χ3n) is 3.02. The van der Waals surface area contributed by atoms with Gasteiger partial charge in [0.2, 0.25) is 0 Å². The summed E-state index contributed by atoms with van der Waals surface area (Å²) >= 11 is 12.3. The fourth-order valence-electron chi connectivity index (χ4n) is 1.93. The highest BCUT2D eigenvalue weighted by Crippen LogP contribution is 2.37. The number of hydrogen-bond acceptors (Lipinski definition) is 2. The van der Waals surface area contributed by atoms with Crippen LogP contribution in [0.15, 0.2) is 30.3 Å². The monoisotopic (exact) mass is 310 g/mol. The highest BCUT2D eigenvalue weighted by atomic mass is 35.5. The van der Waals surface area contributed by atoms with E-state index in [2.05, 4.69) is 0 Å². The van der Waals surface area contributed by atoms with E-state index in [1.165, 1.54) is 7.11 Å². The molecule has 0 bridgehead atoms. The van der Waals surface area contributed by atoms with Crippen molar-refractivity contribution in [2.24, 2.45) is 0 Å². The average Bonchev–Trinajstić information content (AvgIpc) is 2.41. The number of benzene rings is 2. The number of aromatic carboxylic acids is 1. The van der Waals surface area contributed by atoms with Crippen molar-refractivity contribution >= 4 is 29.2 Å². The first-order chi connectivity index (χ1) is 9.43. The molecule has 0 aliphatic carbocycles. The molecule has 0 unspecified atom stereocenters. The van der Waals surface area contributed by atoms with Gasteiger partial charge in [-0.1, -0.05) is 35.3 Å². The van der Waals surface area contributed by atoms with Crippen molar-refractivity contribution in [1.29, 1.82) is 0 Å². The summed E-state index contributed by atoms with van der Waals surface area (Å²) in [6.07, 6.45) is 0. The summed E-state index contributed by atoms with van der Waals surface area (Å²) in [6, 6.07) is 8.42. The van der Waals surface area contributed by atoms with E-state index in [1.807, 2.05) is 6.07 Å². The van der Waals surface area contributed by atoms with E-state index in [4.69, 9.17) is 33.0 Å². The van der Waals surface area contributed by atoms with Crippen LogP contribution in [0.5, 0.6) is 5.75 Å². The Balaban J connectivity index is 2.60. The van der Waals surface area contributed by atoms with Gasteiger partial charge in [0.1, 0.15) is 5.75 Å². The lowest BCUT2D eigenvalue weighted by Crippen LogP contribution is -1.99. The quantitative estimate of drug-likeness (QED) is 0.895. The highest BCUT2D eigenvalue weighted by molar-refractivity contribution is 6.36. The second-order valence-electron chi connectivity index (χ2n) is 4.30. The molecule has 0 heterocycles. The van der Waals surface area contributed by atoms with Gasteiger partial charge in [-0.05, 0) is 30.2 Å². The maximum atomic E-state index is 11.2. The molecule has 0 aliphatic heterocycles. The molecule has 0 aromatic heterocycles. The third-order valence-corrected chi connectivity index (χ3v) is 3.63. The van der Waals surface area contributed by atoms with Crippen LogP contribution in [-0.2, 0) is 0 Å². The van der Waals surface area contributed by atoms with Crippen LogP contribution in [0, 0.1) is 6.92 Å². The molecule has 2 aromatic carbocycles. The maximum absolute atomic E-state index is 11.2. The summed E-state index contributed by atoms with van der Waals surface area (Å²) < 4.78 is 5.09. The molecule has 0 amide bonds. The summed E-state index contributed by atoms with van der Waals surface area (Å²) in [5, 5.41) is 10.0. The van der Waals surface area contributed by atoms with Crippen LogP contribution in [0.2, 0.25) is 10.0 Å². The molecule has 0 atom stereocenters. The molecule has 5 heteroatoms. The zero-order chi connectivity index (χ0) is 14.9. The Morgan fingerprint density at radius 1 is 1.15 bits per heavy atom. The zero-order valence-corrected chi connectivity index (χ0v) is 12.4. The topological polar surface area (TPSA) is 46.5 Å². The second kappa shape index (κ2) is 5.73. The minimum Gasteiger partial charge on any atom is -0.495 e. The standard InChI is InChI=1S/C15H12Cl2O3/c1-8-3-4-9(5-10(8)15(18)19)11-6-13(17)14(20-2)7-12(11)16/h3-7H,1-2H3,(H,18,19). The molecule has 20 heavy (non-hydrogen) atoms. The summed E-state index contributed by atoms with van der Waals surface area (Å²) in [6.45, 7) is 1.75. The van der Waals surface area contributed by atoms with E-state index in [-0.39, 0.29) is 5.56 Å². The molecule has 0 spiro atoms. The normalized spacial score (nSPS) is 10.4. The summed E-state index contributed by atoms with van der Waals surface area (Å²) in [5.41, 5.74) is 2.30. The number of hydrogen-bond donors (Lipinski definition) is 1. The van der Waals surface area contributed by atoms with E-state index in [0.29, 0.717) is 32.5 Å². The Labute approximate surface area is 126 Å². The van der Waals surface area contributed by atoms with E-state index < -0.39 is 5.97 Å². The average molecular weight is 311 g/mol. The van der Waals surface area contributed by atoms with Gasteiger partial charge in [-0.25, -0.2) is 4.79 Å². The molecular weight excluding hydrogens is 299 g/mol. The Morgan fingerprint density at radius 2 is 1.85 bits per heavy atom. The third kappa shape index (κ3) is 2.74. The van der Waals surface area contributed by atoms with Gasteiger partial charge in [0, 0.05) is 11.6 Å². The number of carboxylic acid groups (broad SMARTS) is 1. The number of halogens is 2. The molecule has 104 valence electrons. The van der Waals surface area contributed by atoms with Gasteiger partial charge in [-0.3, -0.25) is 0 Å². The molecular formula is C15H12Cl2O3. The van der Waals surface area contributed by atoms with E-state index in [1.54, 1.807) is 31.2 Å². The Bertz CT molecular complexity index is 681. The molecule has 2 rings (SSSR count). The van der Waals surface area contributed by atoms with Crippen LogP contribution < -0.4 is 4.74 Å². The number of carboxylic acids is 1. The van der Waals surface area contributed by atoms with Crippen LogP contribution in [-0.4, -0.2) is 18.2 Å². The number of ether oxygens (including phenoxy) is 1. The van der Waals surface area contributed by atoms with Crippen molar-refractivity contribution in [3.8, 4) is 16.9 Å². The van der Waals surface area contributed by atoms with Gasteiger partial charge in [0.25, 0.3) is 0 Å². The molecule has 0 aliphatic rings. The zero-order valence-electron chi connectivity index (χ0n) is 10.9. The first-order valence-corrected chi connectivity index (χ1v) is 6.57. The molecule has 0 fully saturated rings. The number of aryl methyl sites for hydroxylation is 1. The SMILES string of the molecule is COc1cc(Cl)c(-c2ccc(C)c(C(=O)O)c2)cc1Cl. The van der Waals surface area contributed by atoms with Crippen LogP contribution in [0.4, 0.5) is 0 Å². The van der Waals surface area contributed by atoms with E-state index >= 15 is 0 Å². The Kier molecular flexibility index (Phi) is 4.21. The van der Waals surface area contributed by atoms with Crippen molar-refractivity contribution in [3.63, 3.8) is 0 Å². The molecule has 2 aromatic rings. The van der Waals surface area contributed by atoms with E-state index in [9.17, 15) is 4.79 Å². The predicted molar refractivity (Wildman–Crippen MR) is 80.1 cm³/mol. The minimum absolute atomic E-state index is 0.241. The van der Waals surface area contributed by atoms with Crippen LogP contribution >= 0.6 is 23.2 Å². The van der Waals surface area contributed by atoms with Gasteiger partial charge in [-0.2, -0.15) is 0 Å². The minimum atomic E-state index is -0.972. The number of rotatable bonds is 3. The van der Waals surface area contributed by atoms with E-state index in [0.717, 1.165) is 0 Å². The lowest BCUT2D eigenvalue weighted by Gasteiger charge is -2.10. The highest BCUT2D eigenvalue weighted by Gasteiger charge is 2.13. The fraction of sp³-hybridized carbons (Fsp3) is 0.133. The van der Waals surface area contributed by atoms with Crippen LogP contribution in [0.1, 0.15) is 15.9 Å². The van der Waals surface area contributed by atoms with Gasteiger partial charge >= 0.3 is 5.97 Å². The molecule has 0 saturated carbocycles. The molecule has 0 saturated heterocycles. The Hall–Kier alpha value is -1.71. The van der Waals surface area contributed by atoms with Crippen molar-refractivity contribution in [2.45, 2.75) is 6.92 Å². The van der Waals surface area contributed by atoms with Crippen LogP contribution in [0.25, 0.3) is 11.1 Å². The maximum Gasteiger partial charge on any atom is 0.335 e. The molecule has 3 nitrogen and oxygen atoms in total. The second-order valence-corrected chi connectivity index (χ2v) is 5.12. The van der Waals surface area contributed by atoms with Crippen molar-refractivity contribution in [1.82, 2.24) is 0 Å². The largest absolute Gasteiger partial charge is 0.495 e. The van der Waals surface area contributed by atoms with Crippen molar-refractivity contribution in [2.75, 3.05) is 7.11 Å². The van der Waals surface area contributed by atoms with Crippen molar-refractivity contribution in [3.05, 3.63) is 51.5 Å². The van der Waals surface area contributed by atoms with Gasteiger partial charge in [0.15, 0.2) is 0 Å². The predicted octanol–water partition coefficient (Wildman–Crippen LogP) is 4.68. The smallest absolute Gasteiger partial charge is 0.335 e. The summed E-state index contributed by atoms with van der Waals surface area (Å²) in [5.74, 6) is -0.494. The summed E-state index contributed by atoms with van der Waals surface area (Å²) in [7, 11) is 1.51. The first-order valence-electron chi connectivity index (χ1n) is 5.81. The molecule has 0 radical (unpaired) electrons. The van der Waals surface area contributed by atoms with Crippen LogP contribution in [0.3, 0.4) is 0 Å². The first kappa shape index (κ1) is 14.7. The van der Waals surface area contributed by atoms with Crippen molar-refractivity contribution < 1.29 is 14.6 Å². The lowest BCUT2D eigenvalue weighted by molar-refractivity contribution is 0.0696. The lowest BCUT2D eigenvalue weighted by atomic mass is 9.99.